The first-order chi connectivity index (χ1) is 11.3. The van der Waals surface area contributed by atoms with E-state index < -0.39 is 0 Å². The number of fused-ring (bicyclic) bond motifs is 1. The van der Waals surface area contributed by atoms with Crippen LogP contribution in [-0.2, 0) is 13.0 Å². The Morgan fingerprint density at radius 3 is 2.70 bits per heavy atom. The number of hydrogen-bond donors (Lipinski definition) is 3. The van der Waals surface area contributed by atoms with Crippen molar-refractivity contribution in [2.45, 2.75) is 20.0 Å². The van der Waals surface area contributed by atoms with E-state index in [1.807, 2.05) is 42.1 Å². The first-order valence-corrected chi connectivity index (χ1v) is 7.67. The lowest BCUT2D eigenvalue weighted by atomic mass is 10.1. The molecule has 1 aromatic carbocycles. The third-order valence-electron chi connectivity index (χ3n) is 3.82. The van der Waals surface area contributed by atoms with Gasteiger partial charge in [0.05, 0.1) is 12.1 Å². The van der Waals surface area contributed by atoms with Gasteiger partial charge in [0.1, 0.15) is 12.1 Å². The standard InChI is InChI=1S/C17H20N4O2/c1-2-18-17-15-7-14(3-4-16(15)19-11-20-17)21-8-12(5-6-22)13(9-21)10-23/h3-4,7-9,11,22-23H,2,5-6,10H2,1H3,(H,18,19,20). The molecule has 0 fully saturated rings. The number of aromatic nitrogens is 3. The van der Waals surface area contributed by atoms with Crippen molar-refractivity contribution in [1.82, 2.24) is 14.5 Å². The highest BCUT2D eigenvalue weighted by molar-refractivity contribution is 5.90. The molecule has 23 heavy (non-hydrogen) atoms. The largest absolute Gasteiger partial charge is 0.396 e. The molecule has 3 N–H and O–H groups in total. The molecule has 3 rings (SSSR count). The normalized spacial score (nSPS) is 11.1. The van der Waals surface area contributed by atoms with Gasteiger partial charge in [0.2, 0.25) is 0 Å². The van der Waals surface area contributed by atoms with Crippen LogP contribution in [0.5, 0.6) is 0 Å². The molecule has 2 heterocycles. The quantitative estimate of drug-likeness (QED) is 0.647. The van der Waals surface area contributed by atoms with Gasteiger partial charge in [-0.25, -0.2) is 9.97 Å². The molecule has 0 aliphatic heterocycles. The summed E-state index contributed by atoms with van der Waals surface area (Å²) in [6, 6.07) is 5.96. The first kappa shape index (κ1) is 15.5. The topological polar surface area (TPSA) is 83.2 Å². The highest BCUT2D eigenvalue weighted by Gasteiger charge is 2.09. The van der Waals surface area contributed by atoms with Gasteiger partial charge in [-0.05, 0) is 42.7 Å². The fourth-order valence-electron chi connectivity index (χ4n) is 2.69. The molecule has 0 aliphatic rings. The molecule has 0 saturated heterocycles. The van der Waals surface area contributed by atoms with E-state index in [0.717, 1.165) is 40.1 Å². The predicted octanol–water partition coefficient (Wildman–Crippen LogP) is 1.88. The maximum Gasteiger partial charge on any atom is 0.137 e. The van der Waals surface area contributed by atoms with Crippen LogP contribution in [0.3, 0.4) is 0 Å². The maximum absolute atomic E-state index is 9.47. The van der Waals surface area contributed by atoms with E-state index in [4.69, 9.17) is 5.11 Å². The van der Waals surface area contributed by atoms with Crippen molar-refractivity contribution in [1.29, 1.82) is 0 Å². The minimum Gasteiger partial charge on any atom is -0.396 e. The average Bonchev–Trinajstić information content (AvgIpc) is 2.98. The number of rotatable bonds is 6. The summed E-state index contributed by atoms with van der Waals surface area (Å²) in [6.45, 7) is 2.84. The van der Waals surface area contributed by atoms with Gasteiger partial charge in [-0.1, -0.05) is 0 Å². The molecule has 120 valence electrons. The Hall–Kier alpha value is -2.44. The Morgan fingerprint density at radius 2 is 1.96 bits per heavy atom. The summed E-state index contributed by atoms with van der Waals surface area (Å²) >= 11 is 0. The molecule has 3 aromatic rings. The van der Waals surface area contributed by atoms with E-state index in [0.29, 0.717) is 6.42 Å². The summed E-state index contributed by atoms with van der Waals surface area (Å²) in [7, 11) is 0. The number of aliphatic hydroxyl groups is 2. The first-order valence-electron chi connectivity index (χ1n) is 7.67. The van der Waals surface area contributed by atoms with Crippen LogP contribution in [0.4, 0.5) is 5.82 Å². The summed E-state index contributed by atoms with van der Waals surface area (Å²) in [5.41, 5.74) is 3.62. The third kappa shape index (κ3) is 3.04. The molecule has 2 aromatic heterocycles. The van der Waals surface area contributed by atoms with Crippen molar-refractivity contribution >= 4 is 16.7 Å². The molecule has 0 spiro atoms. The van der Waals surface area contributed by atoms with Crippen molar-refractivity contribution in [2.24, 2.45) is 0 Å². The SMILES string of the molecule is CCNc1ncnc2ccc(-n3cc(CO)c(CCO)c3)cc12. The molecular weight excluding hydrogens is 292 g/mol. The highest BCUT2D eigenvalue weighted by atomic mass is 16.3. The summed E-state index contributed by atoms with van der Waals surface area (Å²) in [4.78, 5) is 8.59. The number of anilines is 1. The van der Waals surface area contributed by atoms with Gasteiger partial charge >= 0.3 is 0 Å². The second kappa shape index (κ2) is 6.76. The van der Waals surface area contributed by atoms with E-state index in [-0.39, 0.29) is 13.2 Å². The molecule has 6 nitrogen and oxygen atoms in total. The van der Waals surface area contributed by atoms with Crippen molar-refractivity contribution < 1.29 is 10.2 Å². The van der Waals surface area contributed by atoms with Gasteiger partial charge in [-0.15, -0.1) is 0 Å². The van der Waals surface area contributed by atoms with Crippen LogP contribution in [-0.4, -0.2) is 37.9 Å². The van der Waals surface area contributed by atoms with Crippen LogP contribution < -0.4 is 5.32 Å². The Balaban J connectivity index is 2.07. The zero-order valence-corrected chi connectivity index (χ0v) is 13.0. The smallest absolute Gasteiger partial charge is 0.137 e. The van der Waals surface area contributed by atoms with Crippen LogP contribution in [0.2, 0.25) is 0 Å². The zero-order valence-electron chi connectivity index (χ0n) is 13.0. The summed E-state index contributed by atoms with van der Waals surface area (Å²) in [6.07, 6.45) is 5.92. The van der Waals surface area contributed by atoms with E-state index >= 15 is 0 Å². The van der Waals surface area contributed by atoms with Crippen molar-refractivity contribution in [3.05, 3.63) is 48.0 Å². The molecular formula is C17H20N4O2. The Morgan fingerprint density at radius 1 is 1.13 bits per heavy atom. The van der Waals surface area contributed by atoms with Gasteiger partial charge in [-0.2, -0.15) is 0 Å². The monoisotopic (exact) mass is 312 g/mol. The van der Waals surface area contributed by atoms with Crippen LogP contribution in [0.15, 0.2) is 36.9 Å². The fraction of sp³-hybridized carbons (Fsp3) is 0.294. The Labute approximate surface area is 134 Å². The summed E-state index contributed by atoms with van der Waals surface area (Å²) in [5, 5.41) is 22.8. The lowest BCUT2D eigenvalue weighted by Gasteiger charge is -2.09. The van der Waals surface area contributed by atoms with E-state index in [1.165, 1.54) is 0 Å². The number of hydrogen-bond acceptors (Lipinski definition) is 5. The number of aliphatic hydroxyl groups excluding tert-OH is 2. The van der Waals surface area contributed by atoms with Crippen LogP contribution in [0.1, 0.15) is 18.1 Å². The molecule has 0 unspecified atom stereocenters. The van der Waals surface area contributed by atoms with Gasteiger partial charge in [0.25, 0.3) is 0 Å². The van der Waals surface area contributed by atoms with Crippen LogP contribution in [0, 0.1) is 0 Å². The molecule has 0 radical (unpaired) electrons. The van der Waals surface area contributed by atoms with Gasteiger partial charge in [0.15, 0.2) is 0 Å². The molecule has 0 atom stereocenters. The maximum atomic E-state index is 9.47. The second-order valence-corrected chi connectivity index (χ2v) is 5.30. The molecule has 0 amide bonds. The van der Waals surface area contributed by atoms with Crippen LogP contribution in [0.25, 0.3) is 16.6 Å². The van der Waals surface area contributed by atoms with E-state index in [2.05, 4.69) is 15.3 Å². The average molecular weight is 312 g/mol. The lowest BCUT2D eigenvalue weighted by Crippen LogP contribution is -2.01. The van der Waals surface area contributed by atoms with Gasteiger partial charge < -0.3 is 20.1 Å². The number of nitrogens with one attached hydrogen (secondary N) is 1. The lowest BCUT2D eigenvalue weighted by molar-refractivity contribution is 0.276. The Bertz CT molecular complexity index is 813. The van der Waals surface area contributed by atoms with Gasteiger partial charge in [0, 0.05) is 36.6 Å². The van der Waals surface area contributed by atoms with Crippen LogP contribution >= 0.6 is 0 Å². The summed E-state index contributed by atoms with van der Waals surface area (Å²) in [5.74, 6) is 0.810. The van der Waals surface area contributed by atoms with Crippen molar-refractivity contribution in [3.8, 4) is 5.69 Å². The predicted molar refractivity (Wildman–Crippen MR) is 89.7 cm³/mol. The van der Waals surface area contributed by atoms with Crippen molar-refractivity contribution in [2.75, 3.05) is 18.5 Å². The minimum atomic E-state index is -0.0400. The zero-order chi connectivity index (χ0) is 16.2. The van der Waals surface area contributed by atoms with Gasteiger partial charge in [-0.3, -0.25) is 0 Å². The van der Waals surface area contributed by atoms with E-state index in [1.54, 1.807) is 6.33 Å². The number of nitrogens with zero attached hydrogens (tertiary/aromatic N) is 3. The number of benzene rings is 1. The minimum absolute atomic E-state index is 0.0400. The highest BCUT2D eigenvalue weighted by Crippen LogP contribution is 2.24. The summed E-state index contributed by atoms with van der Waals surface area (Å²) < 4.78 is 1.96. The molecule has 6 heteroatoms. The molecule has 0 bridgehead atoms. The fourth-order valence-corrected chi connectivity index (χ4v) is 2.69. The second-order valence-electron chi connectivity index (χ2n) is 5.30. The third-order valence-corrected chi connectivity index (χ3v) is 3.82. The molecule has 0 saturated carbocycles. The Kier molecular flexibility index (Phi) is 4.55. The molecule has 0 aliphatic carbocycles. The van der Waals surface area contributed by atoms with E-state index in [9.17, 15) is 5.11 Å². The van der Waals surface area contributed by atoms with Crippen molar-refractivity contribution in [3.63, 3.8) is 0 Å².